The molecule has 126 valence electrons. The van der Waals surface area contributed by atoms with Crippen LogP contribution in [0.5, 0.6) is 0 Å². The molecule has 0 aliphatic carbocycles. The summed E-state index contributed by atoms with van der Waals surface area (Å²) in [5.74, 6) is 0.727. The first-order valence-electron chi connectivity index (χ1n) is 6.96. The van der Waals surface area contributed by atoms with Crippen LogP contribution >= 0.6 is 47.2 Å². The molecule has 0 atom stereocenters. The Morgan fingerprint density at radius 2 is 2.09 bits per heavy atom. The highest BCUT2D eigenvalue weighted by Crippen LogP contribution is 2.21. The number of halogens is 3. The molecule has 0 radical (unpaired) electrons. The van der Waals surface area contributed by atoms with Crippen molar-refractivity contribution in [3.05, 3.63) is 51.8 Å². The van der Waals surface area contributed by atoms with Crippen molar-refractivity contribution < 1.29 is 4.52 Å². The molecule has 0 amide bonds. The predicted octanol–water partition coefficient (Wildman–Crippen LogP) is 3.90. The molecule has 8 heteroatoms. The molecule has 23 heavy (non-hydrogen) atoms. The Morgan fingerprint density at radius 3 is 2.74 bits per heavy atom. The number of aryl methyl sites for hydroxylation is 1. The van der Waals surface area contributed by atoms with E-state index in [-0.39, 0.29) is 24.0 Å². The molecular formula is C15H19Cl2IN4O. The first-order chi connectivity index (χ1) is 10.7. The molecule has 0 unspecified atom stereocenters. The summed E-state index contributed by atoms with van der Waals surface area (Å²) < 4.78 is 4.78. The van der Waals surface area contributed by atoms with Gasteiger partial charge in [-0.2, -0.15) is 0 Å². The Kier molecular flexibility index (Phi) is 9.35. The van der Waals surface area contributed by atoms with Gasteiger partial charge in [-0.25, -0.2) is 0 Å². The van der Waals surface area contributed by atoms with Gasteiger partial charge in [0.15, 0.2) is 5.96 Å². The average Bonchev–Trinajstić information content (AvgIpc) is 3.01. The average molecular weight is 469 g/mol. The first-order valence-corrected chi connectivity index (χ1v) is 7.72. The van der Waals surface area contributed by atoms with Crippen molar-refractivity contribution >= 4 is 53.1 Å². The third-order valence-electron chi connectivity index (χ3n) is 3.08. The van der Waals surface area contributed by atoms with Crippen LogP contribution in [0.2, 0.25) is 10.0 Å². The van der Waals surface area contributed by atoms with E-state index in [0.717, 1.165) is 36.6 Å². The molecule has 2 aromatic rings. The Labute approximate surface area is 162 Å². The van der Waals surface area contributed by atoms with Crippen molar-refractivity contribution in [1.82, 2.24) is 15.8 Å². The highest BCUT2D eigenvalue weighted by molar-refractivity contribution is 14.0. The Balaban J connectivity index is 0.00000264. The molecular weight excluding hydrogens is 450 g/mol. The summed E-state index contributed by atoms with van der Waals surface area (Å²) in [5.41, 5.74) is 1.93. The van der Waals surface area contributed by atoms with Gasteiger partial charge in [0.1, 0.15) is 12.0 Å². The Bertz CT molecular complexity index is 620. The zero-order chi connectivity index (χ0) is 15.8. The van der Waals surface area contributed by atoms with E-state index in [0.29, 0.717) is 16.6 Å². The fourth-order valence-corrected chi connectivity index (χ4v) is 2.44. The normalized spacial score (nSPS) is 11.0. The van der Waals surface area contributed by atoms with Gasteiger partial charge in [-0.1, -0.05) is 34.4 Å². The van der Waals surface area contributed by atoms with Crippen molar-refractivity contribution in [3.63, 3.8) is 0 Å². The van der Waals surface area contributed by atoms with Crippen LogP contribution in [0.25, 0.3) is 0 Å². The number of guanidine groups is 1. The van der Waals surface area contributed by atoms with Crippen LogP contribution in [0.3, 0.4) is 0 Å². The number of nitrogens with one attached hydrogen (secondary N) is 2. The third kappa shape index (κ3) is 6.97. The van der Waals surface area contributed by atoms with E-state index in [4.69, 9.17) is 27.7 Å². The summed E-state index contributed by atoms with van der Waals surface area (Å²) in [7, 11) is 1.73. The molecule has 0 aliphatic heterocycles. The summed E-state index contributed by atoms with van der Waals surface area (Å²) in [6.07, 6.45) is 3.36. The first kappa shape index (κ1) is 20.1. The fraction of sp³-hybridized carbons (Fsp3) is 0.333. The number of hydrogen-bond donors (Lipinski definition) is 2. The van der Waals surface area contributed by atoms with E-state index >= 15 is 0 Å². The molecule has 2 rings (SSSR count). The molecule has 0 saturated carbocycles. The summed E-state index contributed by atoms with van der Waals surface area (Å²) in [6, 6.07) is 7.39. The van der Waals surface area contributed by atoms with Gasteiger partial charge in [-0.15, -0.1) is 24.0 Å². The number of benzene rings is 1. The van der Waals surface area contributed by atoms with Gasteiger partial charge in [0.25, 0.3) is 0 Å². The quantitative estimate of drug-likeness (QED) is 0.292. The van der Waals surface area contributed by atoms with Gasteiger partial charge in [0.05, 0.1) is 6.54 Å². The standard InChI is InChI=1S/C15H18Cl2N4O.HI/c1-18-15(20-10-13-6-8-22-21-13)19-7-2-3-11-4-5-12(16)9-14(11)17;/h4-6,8-9H,2-3,7,10H2,1H3,(H2,18,19,20);1H. The smallest absolute Gasteiger partial charge is 0.191 e. The van der Waals surface area contributed by atoms with Crippen LogP contribution in [0.1, 0.15) is 17.7 Å². The molecule has 0 fully saturated rings. The van der Waals surface area contributed by atoms with Crippen LogP contribution in [0, 0.1) is 0 Å². The van der Waals surface area contributed by atoms with Crippen molar-refractivity contribution in [2.24, 2.45) is 4.99 Å². The lowest BCUT2D eigenvalue weighted by molar-refractivity contribution is 0.410. The molecule has 2 N–H and O–H groups in total. The molecule has 0 spiro atoms. The maximum atomic E-state index is 6.15. The summed E-state index contributed by atoms with van der Waals surface area (Å²) >= 11 is 12.0. The van der Waals surface area contributed by atoms with Gasteiger partial charge in [0.2, 0.25) is 0 Å². The topological polar surface area (TPSA) is 62.5 Å². The number of rotatable bonds is 6. The minimum absolute atomic E-state index is 0. The van der Waals surface area contributed by atoms with Crippen LogP contribution in [-0.4, -0.2) is 24.7 Å². The second kappa shape index (κ2) is 10.7. The van der Waals surface area contributed by atoms with E-state index in [2.05, 4.69) is 20.8 Å². The molecule has 0 aliphatic rings. The zero-order valence-electron chi connectivity index (χ0n) is 12.7. The summed E-state index contributed by atoms with van der Waals surface area (Å²) in [4.78, 5) is 4.15. The number of aliphatic imine (C=N–C) groups is 1. The van der Waals surface area contributed by atoms with Crippen molar-refractivity contribution in [1.29, 1.82) is 0 Å². The van der Waals surface area contributed by atoms with E-state index in [9.17, 15) is 0 Å². The van der Waals surface area contributed by atoms with Gasteiger partial charge in [0, 0.05) is 29.7 Å². The highest BCUT2D eigenvalue weighted by atomic mass is 127. The van der Waals surface area contributed by atoms with Crippen molar-refractivity contribution in [2.45, 2.75) is 19.4 Å². The summed E-state index contributed by atoms with van der Waals surface area (Å²) in [5, 5.41) is 11.6. The highest BCUT2D eigenvalue weighted by Gasteiger charge is 2.03. The second-order valence-corrected chi connectivity index (χ2v) is 5.53. The van der Waals surface area contributed by atoms with Crippen molar-refractivity contribution in [3.8, 4) is 0 Å². The second-order valence-electron chi connectivity index (χ2n) is 4.68. The largest absolute Gasteiger partial charge is 0.364 e. The lowest BCUT2D eigenvalue weighted by Crippen LogP contribution is -2.37. The molecule has 1 aromatic carbocycles. The molecule has 1 heterocycles. The van der Waals surface area contributed by atoms with Crippen LogP contribution in [-0.2, 0) is 13.0 Å². The zero-order valence-corrected chi connectivity index (χ0v) is 16.5. The minimum Gasteiger partial charge on any atom is -0.364 e. The predicted molar refractivity (Wildman–Crippen MR) is 105 cm³/mol. The monoisotopic (exact) mass is 468 g/mol. The molecule has 0 bridgehead atoms. The fourth-order valence-electron chi connectivity index (χ4n) is 1.93. The van der Waals surface area contributed by atoms with Gasteiger partial charge < -0.3 is 15.2 Å². The van der Waals surface area contributed by atoms with E-state index < -0.39 is 0 Å². The van der Waals surface area contributed by atoms with Crippen molar-refractivity contribution in [2.75, 3.05) is 13.6 Å². The van der Waals surface area contributed by atoms with Gasteiger partial charge >= 0.3 is 0 Å². The van der Waals surface area contributed by atoms with E-state index in [1.54, 1.807) is 19.4 Å². The molecule has 5 nitrogen and oxygen atoms in total. The van der Waals surface area contributed by atoms with Crippen LogP contribution in [0.15, 0.2) is 40.0 Å². The molecule has 0 saturated heterocycles. The van der Waals surface area contributed by atoms with Crippen LogP contribution in [0.4, 0.5) is 0 Å². The Hall–Kier alpha value is -0.990. The Morgan fingerprint density at radius 1 is 1.26 bits per heavy atom. The number of nitrogens with zero attached hydrogens (tertiary/aromatic N) is 2. The number of aromatic nitrogens is 1. The lowest BCUT2D eigenvalue weighted by Gasteiger charge is -2.11. The minimum atomic E-state index is 0. The SMILES string of the molecule is CN=C(NCCCc1ccc(Cl)cc1Cl)NCc1ccon1.I. The van der Waals surface area contributed by atoms with Crippen LogP contribution < -0.4 is 10.6 Å². The summed E-state index contributed by atoms with van der Waals surface area (Å²) in [6.45, 7) is 1.36. The maximum absolute atomic E-state index is 6.15. The van der Waals surface area contributed by atoms with Gasteiger partial charge in [-0.3, -0.25) is 4.99 Å². The van der Waals surface area contributed by atoms with Gasteiger partial charge in [-0.05, 0) is 30.5 Å². The van der Waals surface area contributed by atoms with E-state index in [1.807, 2.05) is 18.2 Å². The maximum Gasteiger partial charge on any atom is 0.191 e. The van der Waals surface area contributed by atoms with E-state index in [1.165, 1.54) is 0 Å². The number of hydrogen-bond acceptors (Lipinski definition) is 3. The lowest BCUT2D eigenvalue weighted by atomic mass is 10.1. The third-order valence-corrected chi connectivity index (χ3v) is 3.67. The molecule has 1 aromatic heterocycles.